The second-order valence-corrected chi connectivity index (χ2v) is 18.4. The van der Waals surface area contributed by atoms with Crippen LogP contribution in [0.2, 0.25) is 0 Å². The molecule has 0 saturated heterocycles. The molecule has 2 aliphatic heterocycles. The number of esters is 1. The number of aliphatic carboxylic acids is 1. The molecule has 16 nitrogen and oxygen atoms in total. The first kappa shape index (κ1) is 45.5. The second-order valence-electron chi connectivity index (χ2n) is 14.9. The Morgan fingerprint density at radius 2 is 1.31 bits per heavy atom. The summed E-state index contributed by atoms with van der Waals surface area (Å²) in [4.78, 5) is 47.6. The normalized spacial score (nSPS) is 16.5. The SMILES string of the molecule is COC(=O)CCC(=O)NCCNS(=O)(=O)c1ccc2c(c1)C(C)(C)C(\C=C/C=C/C=C1/N(C)c3ccc(S(=O)(=O)NCCNC(=O)CCC(=O)[O-])cc3C1(C)C)=[N+]2C. The fourth-order valence-corrected chi connectivity index (χ4v) is 9.09. The summed E-state index contributed by atoms with van der Waals surface area (Å²) in [5, 5.41) is 15.6. The molecule has 2 aromatic rings. The summed E-state index contributed by atoms with van der Waals surface area (Å²) in [5.41, 5.74) is 4.18. The van der Waals surface area contributed by atoms with Crippen LogP contribution in [0.3, 0.4) is 0 Å². The zero-order valence-electron chi connectivity index (χ0n) is 33.8. The lowest BCUT2D eigenvalue weighted by molar-refractivity contribution is -0.401. The summed E-state index contributed by atoms with van der Waals surface area (Å²) in [7, 11) is -2.72. The molecule has 0 radical (unpaired) electrons. The third kappa shape index (κ3) is 10.7. The standard InChI is InChI=1S/C40H52N6O10S2/c1-39(2)29-25-27(57(52,53)43-23-21-41-35(47)17-19-37(49)50)13-15-31(29)45(5)33(39)11-9-8-10-12-34-40(3,4)30-26-28(14-16-32(30)46(34)6)58(54,55)44-24-22-42-36(48)18-20-38(51)56-7/h8-16,25-26,43-44H,17-24H2,1-7H3,(H2-,41,42,47,48,49,50). The van der Waals surface area contributed by atoms with Gasteiger partial charge in [-0.05, 0) is 62.2 Å². The first-order valence-corrected chi connectivity index (χ1v) is 21.6. The smallest absolute Gasteiger partial charge is 0.306 e. The number of anilines is 1. The van der Waals surface area contributed by atoms with E-state index in [4.69, 9.17) is 0 Å². The predicted octanol–water partition coefficient (Wildman–Crippen LogP) is 1.39. The number of ether oxygens (including phenoxy) is 1. The van der Waals surface area contributed by atoms with Crippen molar-refractivity contribution in [2.24, 2.45) is 0 Å². The number of carboxylic acids is 1. The molecule has 0 aliphatic carbocycles. The number of carbonyl (C=O) groups excluding carboxylic acids is 4. The Balaban J connectivity index is 1.39. The van der Waals surface area contributed by atoms with Crippen molar-refractivity contribution in [3.05, 3.63) is 83.6 Å². The summed E-state index contributed by atoms with van der Waals surface area (Å²) in [6, 6.07) is 9.91. The molecule has 0 atom stereocenters. The van der Waals surface area contributed by atoms with E-state index in [1.807, 2.05) is 81.6 Å². The number of amides is 2. The first-order chi connectivity index (χ1) is 27.1. The van der Waals surface area contributed by atoms with Gasteiger partial charge in [-0.15, -0.1) is 0 Å². The van der Waals surface area contributed by atoms with Crippen LogP contribution in [-0.2, 0) is 54.8 Å². The molecule has 0 spiro atoms. The Kier molecular flexibility index (Phi) is 14.6. The van der Waals surface area contributed by atoms with Gasteiger partial charge in [0.05, 0.1) is 28.7 Å². The van der Waals surface area contributed by atoms with Crippen LogP contribution in [0.15, 0.2) is 82.3 Å². The van der Waals surface area contributed by atoms with Crippen molar-refractivity contribution in [1.82, 2.24) is 20.1 Å². The fourth-order valence-electron chi connectivity index (χ4n) is 6.97. The topological polar surface area (TPSA) is 223 Å². The van der Waals surface area contributed by atoms with Gasteiger partial charge >= 0.3 is 5.97 Å². The van der Waals surface area contributed by atoms with E-state index in [0.29, 0.717) is 0 Å². The Morgan fingerprint density at radius 1 is 0.759 bits per heavy atom. The first-order valence-electron chi connectivity index (χ1n) is 18.6. The minimum absolute atomic E-state index is 0.00505. The Labute approximate surface area is 340 Å². The second kappa shape index (κ2) is 18.6. The van der Waals surface area contributed by atoms with E-state index in [9.17, 15) is 41.1 Å². The molecule has 2 heterocycles. The van der Waals surface area contributed by atoms with E-state index in [2.05, 4.69) is 24.8 Å². The van der Waals surface area contributed by atoms with Crippen molar-refractivity contribution in [2.45, 2.75) is 74.0 Å². The highest BCUT2D eigenvalue weighted by molar-refractivity contribution is 7.89. The predicted molar refractivity (Wildman–Crippen MR) is 216 cm³/mol. The number of allylic oxidation sites excluding steroid dienone is 6. The fraction of sp³-hybridized carbons (Fsp3) is 0.425. The Morgan fingerprint density at radius 3 is 1.88 bits per heavy atom. The van der Waals surface area contributed by atoms with Gasteiger partial charge in [0.15, 0.2) is 5.71 Å². The number of rotatable bonds is 19. The molecule has 4 rings (SSSR count). The van der Waals surface area contributed by atoms with Gasteiger partial charge in [-0.2, -0.15) is 4.58 Å². The van der Waals surface area contributed by atoms with Crippen molar-refractivity contribution in [1.29, 1.82) is 0 Å². The van der Waals surface area contributed by atoms with Crippen LogP contribution < -0.4 is 30.1 Å². The zero-order chi connectivity index (χ0) is 43.1. The highest BCUT2D eigenvalue weighted by Crippen LogP contribution is 2.47. The lowest BCUT2D eigenvalue weighted by Gasteiger charge is -2.23. The van der Waals surface area contributed by atoms with Crippen molar-refractivity contribution >= 4 is 60.9 Å². The highest BCUT2D eigenvalue weighted by atomic mass is 32.2. The van der Waals surface area contributed by atoms with Gasteiger partial charge in [0.2, 0.25) is 37.5 Å². The van der Waals surface area contributed by atoms with Gasteiger partial charge < -0.3 is 30.2 Å². The van der Waals surface area contributed by atoms with Gasteiger partial charge in [-0.1, -0.05) is 32.1 Å². The number of hydrogen-bond donors (Lipinski definition) is 4. The summed E-state index contributed by atoms with van der Waals surface area (Å²) in [6.07, 6.45) is 8.88. The van der Waals surface area contributed by atoms with Crippen LogP contribution in [0, 0.1) is 0 Å². The molecule has 0 saturated carbocycles. The number of carboxylic acid groups (broad SMARTS) is 1. The molecular weight excluding hydrogens is 789 g/mol. The van der Waals surface area contributed by atoms with Crippen LogP contribution in [0.1, 0.15) is 64.5 Å². The van der Waals surface area contributed by atoms with Crippen molar-refractivity contribution in [3.63, 3.8) is 0 Å². The molecule has 58 heavy (non-hydrogen) atoms. The van der Waals surface area contributed by atoms with Crippen LogP contribution in [0.4, 0.5) is 11.4 Å². The largest absolute Gasteiger partial charge is 0.550 e. The van der Waals surface area contributed by atoms with Gasteiger partial charge in [0.25, 0.3) is 0 Å². The summed E-state index contributed by atoms with van der Waals surface area (Å²) in [6.45, 7) is 8.01. The van der Waals surface area contributed by atoms with Crippen LogP contribution in [0.5, 0.6) is 0 Å². The molecule has 0 bridgehead atoms. The molecule has 2 aliphatic rings. The maximum absolute atomic E-state index is 13.2. The molecule has 4 N–H and O–H groups in total. The van der Waals surface area contributed by atoms with Crippen LogP contribution in [-0.4, -0.2) is 98.3 Å². The highest BCUT2D eigenvalue weighted by Gasteiger charge is 2.44. The zero-order valence-corrected chi connectivity index (χ0v) is 35.4. The number of benzene rings is 2. The number of nitrogens with one attached hydrogen (secondary N) is 4. The van der Waals surface area contributed by atoms with Crippen LogP contribution >= 0.6 is 0 Å². The number of carbonyl (C=O) groups is 4. The van der Waals surface area contributed by atoms with Crippen molar-refractivity contribution in [2.75, 3.05) is 52.3 Å². The summed E-state index contributed by atoms with van der Waals surface area (Å²) >= 11 is 0. The molecule has 18 heteroatoms. The molecule has 0 aromatic heterocycles. The number of likely N-dealkylation sites (N-methyl/N-ethyl adjacent to an activating group) is 1. The minimum atomic E-state index is -3.91. The summed E-state index contributed by atoms with van der Waals surface area (Å²) in [5.74, 6) is -2.74. The number of methoxy groups -OCH3 is 1. The third-order valence-electron chi connectivity index (χ3n) is 10.2. The quantitative estimate of drug-likeness (QED) is 0.0685. The van der Waals surface area contributed by atoms with E-state index in [0.717, 1.165) is 33.9 Å². The average Bonchev–Trinajstić information content (AvgIpc) is 3.48. The Hall–Kier alpha value is -5.17. The maximum Gasteiger partial charge on any atom is 0.306 e. The number of hydrogen-bond acceptors (Lipinski definition) is 11. The lowest BCUT2D eigenvalue weighted by atomic mass is 9.81. The lowest BCUT2D eigenvalue weighted by Crippen LogP contribution is -2.35. The molecular formula is C40H52N6O10S2. The van der Waals surface area contributed by atoms with Gasteiger partial charge in [0.1, 0.15) is 7.05 Å². The molecule has 0 fully saturated rings. The third-order valence-corrected chi connectivity index (χ3v) is 13.1. The van der Waals surface area contributed by atoms with Gasteiger partial charge in [-0.3, -0.25) is 14.4 Å². The number of fused-ring (bicyclic) bond motifs is 2. The van der Waals surface area contributed by atoms with E-state index in [1.165, 1.54) is 13.2 Å². The molecule has 2 amide bonds. The molecule has 0 unspecified atom stereocenters. The number of sulfonamides is 2. The summed E-state index contributed by atoms with van der Waals surface area (Å²) < 4.78 is 64.1. The Bertz CT molecular complexity index is 2290. The number of nitrogens with zero attached hydrogens (tertiary/aromatic N) is 2. The van der Waals surface area contributed by atoms with Crippen molar-refractivity contribution < 1.29 is 50.4 Å². The van der Waals surface area contributed by atoms with Crippen molar-refractivity contribution in [3.8, 4) is 0 Å². The van der Waals surface area contributed by atoms with Crippen LogP contribution in [0.25, 0.3) is 0 Å². The average molecular weight is 841 g/mol. The minimum Gasteiger partial charge on any atom is -0.550 e. The van der Waals surface area contributed by atoms with E-state index < -0.39 is 55.1 Å². The van der Waals surface area contributed by atoms with E-state index in [1.54, 1.807) is 30.3 Å². The van der Waals surface area contributed by atoms with Gasteiger partial charge in [-0.25, -0.2) is 26.3 Å². The molecule has 314 valence electrons. The van der Waals surface area contributed by atoms with Gasteiger partial charge in [0, 0.05) is 86.5 Å². The monoisotopic (exact) mass is 840 g/mol. The van der Waals surface area contributed by atoms with E-state index >= 15 is 0 Å². The molecule has 2 aromatic carbocycles. The maximum atomic E-state index is 13.2. The van der Waals surface area contributed by atoms with E-state index in [-0.39, 0.29) is 61.1 Å².